The van der Waals surface area contributed by atoms with Gasteiger partial charge in [0.15, 0.2) is 0 Å². The lowest BCUT2D eigenvalue weighted by Crippen LogP contribution is -2.18. The second-order valence-corrected chi connectivity index (χ2v) is 8.30. The van der Waals surface area contributed by atoms with E-state index in [1.54, 1.807) is 0 Å². The molecular weight excluding hydrogens is 455 g/mol. The second kappa shape index (κ2) is 8.20. The van der Waals surface area contributed by atoms with Gasteiger partial charge in [0.25, 0.3) is 5.91 Å². The van der Waals surface area contributed by atoms with Crippen molar-refractivity contribution in [2.45, 2.75) is 38.5 Å². The summed E-state index contributed by atoms with van der Waals surface area (Å²) in [5, 5.41) is 6.68. The Hall–Kier alpha value is -3.37. The highest BCUT2D eigenvalue weighted by molar-refractivity contribution is 6.04. The van der Waals surface area contributed by atoms with Crippen LogP contribution in [0.5, 0.6) is 0 Å². The van der Waals surface area contributed by atoms with Gasteiger partial charge in [-0.05, 0) is 42.5 Å². The van der Waals surface area contributed by atoms with Crippen LogP contribution < -0.4 is 5.32 Å². The van der Waals surface area contributed by atoms with E-state index in [1.807, 2.05) is 20.8 Å². The van der Waals surface area contributed by atoms with E-state index in [2.05, 4.69) is 10.4 Å². The third kappa shape index (κ3) is 5.52. The lowest BCUT2D eigenvalue weighted by molar-refractivity contribution is -0.143. The molecule has 0 atom stereocenters. The minimum Gasteiger partial charge on any atom is -0.306 e. The molecule has 0 aliphatic rings. The van der Waals surface area contributed by atoms with Gasteiger partial charge in [-0.1, -0.05) is 20.8 Å². The first-order valence-electron chi connectivity index (χ1n) is 9.53. The Morgan fingerprint density at radius 3 is 1.82 bits per heavy atom. The van der Waals surface area contributed by atoms with E-state index in [0.29, 0.717) is 23.5 Å². The molecule has 176 valence electrons. The van der Waals surface area contributed by atoms with Gasteiger partial charge in [0, 0.05) is 17.0 Å². The molecule has 0 saturated carbocycles. The maximum absolute atomic E-state index is 13.3. The molecule has 33 heavy (non-hydrogen) atoms. The molecule has 3 aromatic rings. The number of hydrogen-bond acceptors (Lipinski definition) is 2. The minimum absolute atomic E-state index is 0.0116. The molecule has 0 radical (unpaired) electrons. The van der Waals surface area contributed by atoms with E-state index in [9.17, 15) is 35.5 Å². The van der Waals surface area contributed by atoms with Crippen molar-refractivity contribution < 1.29 is 35.5 Å². The summed E-state index contributed by atoms with van der Waals surface area (Å²) in [7, 11) is 0. The molecule has 0 spiro atoms. The standard InChI is InChI=1S/C22H18F7N3O/c1-20(2,3)17-11-18(32(31-17)16-6-4-15(23)5-7-16)30-19(33)12-8-13(21(24,25)26)10-14(9-12)22(27,28)29/h4-11H,1-3H3,(H,30,33). The summed E-state index contributed by atoms with van der Waals surface area (Å²) in [5.74, 6) is -1.74. The Bertz CT molecular complexity index is 1140. The Kier molecular flexibility index (Phi) is 6.03. The van der Waals surface area contributed by atoms with Crippen LogP contribution in [0.3, 0.4) is 0 Å². The number of amides is 1. The van der Waals surface area contributed by atoms with Gasteiger partial charge in [-0.15, -0.1) is 0 Å². The SMILES string of the molecule is CC(C)(C)c1cc(NC(=O)c2cc(C(F)(F)F)cc(C(F)(F)F)c2)n(-c2ccc(F)cc2)n1. The monoisotopic (exact) mass is 473 g/mol. The van der Waals surface area contributed by atoms with Gasteiger partial charge in [0.05, 0.1) is 22.5 Å². The number of rotatable bonds is 3. The van der Waals surface area contributed by atoms with Crippen LogP contribution in [-0.2, 0) is 17.8 Å². The summed E-state index contributed by atoms with van der Waals surface area (Å²) < 4.78 is 93.3. The maximum Gasteiger partial charge on any atom is 0.416 e. The number of halogens is 7. The molecule has 4 nitrogen and oxygen atoms in total. The zero-order valence-electron chi connectivity index (χ0n) is 17.6. The Labute approximate surface area is 184 Å². The van der Waals surface area contributed by atoms with E-state index in [0.717, 1.165) is 12.1 Å². The molecular formula is C22H18F7N3O. The first-order chi connectivity index (χ1) is 15.1. The maximum atomic E-state index is 13.3. The zero-order valence-corrected chi connectivity index (χ0v) is 17.6. The van der Waals surface area contributed by atoms with Crippen LogP contribution in [-0.4, -0.2) is 15.7 Å². The van der Waals surface area contributed by atoms with Crippen molar-refractivity contribution in [3.8, 4) is 5.69 Å². The Morgan fingerprint density at radius 1 is 0.848 bits per heavy atom. The van der Waals surface area contributed by atoms with Crippen LogP contribution in [0.1, 0.15) is 48.0 Å². The molecule has 0 unspecified atom stereocenters. The molecule has 1 amide bonds. The lowest BCUT2D eigenvalue weighted by atomic mass is 9.92. The van der Waals surface area contributed by atoms with Crippen LogP contribution in [0.15, 0.2) is 48.5 Å². The van der Waals surface area contributed by atoms with Crippen molar-refractivity contribution in [1.82, 2.24) is 9.78 Å². The number of nitrogens with zero attached hydrogens (tertiary/aromatic N) is 2. The number of anilines is 1. The molecule has 3 rings (SSSR count). The van der Waals surface area contributed by atoms with E-state index < -0.39 is 46.2 Å². The summed E-state index contributed by atoms with van der Waals surface area (Å²) >= 11 is 0. The highest BCUT2D eigenvalue weighted by atomic mass is 19.4. The molecule has 0 aliphatic heterocycles. The summed E-state index contributed by atoms with van der Waals surface area (Å²) in [6.45, 7) is 5.45. The molecule has 0 aliphatic carbocycles. The van der Waals surface area contributed by atoms with Gasteiger partial charge in [-0.25, -0.2) is 9.07 Å². The molecule has 11 heteroatoms. The van der Waals surface area contributed by atoms with Crippen molar-refractivity contribution >= 4 is 11.7 Å². The Morgan fingerprint density at radius 2 is 1.36 bits per heavy atom. The van der Waals surface area contributed by atoms with Crippen molar-refractivity contribution in [2.24, 2.45) is 0 Å². The number of aromatic nitrogens is 2. The van der Waals surface area contributed by atoms with Gasteiger partial charge in [0.2, 0.25) is 0 Å². The molecule has 0 saturated heterocycles. The third-order valence-corrected chi connectivity index (χ3v) is 4.64. The highest BCUT2D eigenvalue weighted by Crippen LogP contribution is 2.36. The van der Waals surface area contributed by atoms with Gasteiger partial charge < -0.3 is 5.32 Å². The van der Waals surface area contributed by atoms with Gasteiger partial charge >= 0.3 is 12.4 Å². The number of nitrogens with one attached hydrogen (secondary N) is 1. The first-order valence-corrected chi connectivity index (χ1v) is 9.53. The van der Waals surface area contributed by atoms with Crippen LogP contribution in [0, 0.1) is 5.82 Å². The fourth-order valence-corrected chi connectivity index (χ4v) is 2.89. The fourth-order valence-electron chi connectivity index (χ4n) is 2.89. The second-order valence-electron chi connectivity index (χ2n) is 8.30. The summed E-state index contributed by atoms with van der Waals surface area (Å²) in [6, 6.07) is 7.06. The first kappa shape index (κ1) is 24.3. The van der Waals surface area contributed by atoms with Crippen molar-refractivity contribution in [1.29, 1.82) is 0 Å². The topological polar surface area (TPSA) is 46.9 Å². The number of benzene rings is 2. The number of carbonyl (C=O) groups excluding carboxylic acids is 1. The Balaban J connectivity index is 2.07. The van der Waals surface area contributed by atoms with Gasteiger partial charge in [0.1, 0.15) is 11.6 Å². The van der Waals surface area contributed by atoms with Crippen molar-refractivity contribution in [3.05, 3.63) is 76.7 Å². The predicted octanol–water partition coefficient (Wildman–Crippen LogP) is 6.60. The van der Waals surface area contributed by atoms with Crippen LogP contribution in [0.4, 0.5) is 36.6 Å². The molecule has 0 bridgehead atoms. The average Bonchev–Trinajstić information content (AvgIpc) is 3.11. The summed E-state index contributed by atoms with van der Waals surface area (Å²) in [6.07, 6.45) is -10.2. The van der Waals surface area contributed by atoms with Crippen molar-refractivity contribution in [2.75, 3.05) is 5.32 Å². The normalized spacial score (nSPS) is 12.7. The largest absolute Gasteiger partial charge is 0.416 e. The quantitative estimate of drug-likeness (QED) is 0.436. The zero-order chi connectivity index (χ0) is 24.8. The number of carbonyl (C=O) groups is 1. The van der Waals surface area contributed by atoms with Crippen LogP contribution in [0.25, 0.3) is 5.69 Å². The van der Waals surface area contributed by atoms with E-state index in [1.165, 1.54) is 22.9 Å². The van der Waals surface area contributed by atoms with Crippen molar-refractivity contribution in [3.63, 3.8) is 0 Å². The fraction of sp³-hybridized carbons (Fsp3) is 0.273. The smallest absolute Gasteiger partial charge is 0.306 e. The minimum atomic E-state index is -5.09. The van der Waals surface area contributed by atoms with E-state index in [-0.39, 0.29) is 11.9 Å². The molecule has 0 fully saturated rings. The lowest BCUT2D eigenvalue weighted by Gasteiger charge is -2.14. The summed E-state index contributed by atoms with van der Waals surface area (Å²) in [4.78, 5) is 12.7. The predicted molar refractivity (Wildman–Crippen MR) is 107 cm³/mol. The third-order valence-electron chi connectivity index (χ3n) is 4.64. The molecule has 1 N–H and O–H groups in total. The molecule has 2 aromatic carbocycles. The molecule has 1 aromatic heterocycles. The summed E-state index contributed by atoms with van der Waals surface area (Å²) in [5.41, 5.74) is -3.76. The van der Waals surface area contributed by atoms with E-state index in [4.69, 9.17) is 0 Å². The van der Waals surface area contributed by atoms with Crippen LogP contribution >= 0.6 is 0 Å². The highest BCUT2D eigenvalue weighted by Gasteiger charge is 2.37. The number of alkyl halides is 6. The van der Waals surface area contributed by atoms with Gasteiger partial charge in [-0.3, -0.25) is 4.79 Å². The van der Waals surface area contributed by atoms with Crippen LogP contribution in [0.2, 0.25) is 0 Å². The number of hydrogen-bond donors (Lipinski definition) is 1. The average molecular weight is 473 g/mol. The van der Waals surface area contributed by atoms with Gasteiger partial charge in [-0.2, -0.15) is 31.4 Å². The van der Waals surface area contributed by atoms with E-state index >= 15 is 0 Å². The molecule has 1 heterocycles.